The number of anilines is 1. The van der Waals surface area contributed by atoms with Gasteiger partial charge in [-0.05, 0) is 41.0 Å². The van der Waals surface area contributed by atoms with Gasteiger partial charge in [-0.2, -0.15) is 0 Å². The molecule has 1 aliphatic heterocycles. The third kappa shape index (κ3) is 1.72. The Morgan fingerprint density at radius 3 is 2.25 bits per heavy atom. The van der Waals surface area contributed by atoms with E-state index in [1.165, 1.54) is 16.8 Å². The fraction of sp³-hybridized carbons (Fsp3) is 0.222. The number of hydrogen-bond donors (Lipinski definition) is 1. The summed E-state index contributed by atoms with van der Waals surface area (Å²) >= 11 is 0. The molecule has 2 aromatic carbocycles. The van der Waals surface area contributed by atoms with Gasteiger partial charge >= 0.3 is 0 Å². The standard InChI is InChI=1S/C18H19NO/c1-12-18(2,3)16-11-14(7-10-17(16)19(12)4)13-5-8-15(20)9-6-13/h5-11,20H,1H2,2-4H3. The van der Waals surface area contributed by atoms with Crippen molar-refractivity contribution in [1.82, 2.24) is 0 Å². The van der Waals surface area contributed by atoms with Crippen LogP contribution >= 0.6 is 0 Å². The molecular weight excluding hydrogens is 246 g/mol. The van der Waals surface area contributed by atoms with Crippen molar-refractivity contribution in [3.05, 3.63) is 60.3 Å². The maximum Gasteiger partial charge on any atom is 0.115 e. The molecule has 0 bridgehead atoms. The van der Waals surface area contributed by atoms with Gasteiger partial charge in [-0.25, -0.2) is 0 Å². The van der Waals surface area contributed by atoms with E-state index < -0.39 is 0 Å². The van der Waals surface area contributed by atoms with Crippen LogP contribution in [-0.2, 0) is 5.41 Å². The quantitative estimate of drug-likeness (QED) is 0.831. The minimum Gasteiger partial charge on any atom is -0.508 e. The largest absolute Gasteiger partial charge is 0.508 e. The molecule has 3 rings (SSSR count). The van der Waals surface area contributed by atoms with Gasteiger partial charge in [0.15, 0.2) is 0 Å². The zero-order chi connectivity index (χ0) is 14.5. The smallest absolute Gasteiger partial charge is 0.115 e. The summed E-state index contributed by atoms with van der Waals surface area (Å²) < 4.78 is 0. The highest BCUT2D eigenvalue weighted by atomic mass is 16.3. The minimum absolute atomic E-state index is 0.0446. The number of phenols is 1. The topological polar surface area (TPSA) is 23.5 Å². The zero-order valence-corrected chi connectivity index (χ0v) is 12.1. The van der Waals surface area contributed by atoms with Gasteiger partial charge in [-0.3, -0.25) is 0 Å². The number of nitrogens with zero attached hydrogens (tertiary/aromatic N) is 1. The third-order valence-electron chi connectivity index (χ3n) is 4.36. The first-order chi connectivity index (χ1) is 9.41. The first-order valence-corrected chi connectivity index (χ1v) is 6.78. The lowest BCUT2D eigenvalue weighted by Crippen LogP contribution is -2.21. The zero-order valence-electron chi connectivity index (χ0n) is 12.1. The van der Waals surface area contributed by atoms with Gasteiger partial charge in [0.1, 0.15) is 5.75 Å². The van der Waals surface area contributed by atoms with Gasteiger partial charge in [-0.15, -0.1) is 0 Å². The number of rotatable bonds is 1. The Hall–Kier alpha value is -2.22. The Bertz CT molecular complexity index is 683. The highest BCUT2D eigenvalue weighted by Gasteiger charge is 2.37. The number of hydrogen-bond acceptors (Lipinski definition) is 2. The number of allylic oxidation sites excluding steroid dienone is 1. The molecule has 1 N–H and O–H groups in total. The molecule has 0 unspecified atom stereocenters. The van der Waals surface area contributed by atoms with Gasteiger partial charge in [0.05, 0.1) is 0 Å². The summed E-state index contributed by atoms with van der Waals surface area (Å²) in [5.74, 6) is 0.295. The van der Waals surface area contributed by atoms with Gasteiger partial charge < -0.3 is 10.0 Å². The molecule has 102 valence electrons. The van der Waals surface area contributed by atoms with Crippen LogP contribution in [0.1, 0.15) is 19.4 Å². The van der Waals surface area contributed by atoms with Crippen molar-refractivity contribution in [3.63, 3.8) is 0 Å². The van der Waals surface area contributed by atoms with Crippen LogP contribution in [0.25, 0.3) is 11.1 Å². The first kappa shape index (κ1) is 12.8. The van der Waals surface area contributed by atoms with Crippen LogP contribution < -0.4 is 4.90 Å². The van der Waals surface area contributed by atoms with Crippen LogP contribution in [0.2, 0.25) is 0 Å². The number of likely N-dealkylation sites (N-methyl/N-ethyl adjacent to an activating group) is 1. The highest BCUT2D eigenvalue weighted by molar-refractivity contribution is 5.76. The minimum atomic E-state index is -0.0446. The predicted molar refractivity (Wildman–Crippen MR) is 84.1 cm³/mol. The van der Waals surface area contributed by atoms with Gasteiger partial charge in [-0.1, -0.05) is 38.6 Å². The highest BCUT2D eigenvalue weighted by Crippen LogP contribution is 2.47. The molecule has 1 aliphatic rings. The van der Waals surface area contributed by atoms with Crippen molar-refractivity contribution in [1.29, 1.82) is 0 Å². The van der Waals surface area contributed by atoms with E-state index in [9.17, 15) is 5.11 Å². The Morgan fingerprint density at radius 2 is 1.60 bits per heavy atom. The Morgan fingerprint density at radius 1 is 1.00 bits per heavy atom. The van der Waals surface area contributed by atoms with E-state index in [2.05, 4.69) is 50.6 Å². The fourth-order valence-corrected chi connectivity index (χ4v) is 2.88. The molecule has 20 heavy (non-hydrogen) atoms. The van der Waals surface area contributed by atoms with Gasteiger partial charge in [0, 0.05) is 23.8 Å². The van der Waals surface area contributed by atoms with E-state index in [1.54, 1.807) is 12.1 Å². The summed E-state index contributed by atoms with van der Waals surface area (Å²) in [6.45, 7) is 8.62. The molecule has 0 amide bonds. The second-order valence-electron chi connectivity index (χ2n) is 5.91. The van der Waals surface area contributed by atoms with E-state index in [1.807, 2.05) is 12.1 Å². The molecule has 2 heteroatoms. The van der Waals surface area contributed by atoms with Gasteiger partial charge in [0.2, 0.25) is 0 Å². The van der Waals surface area contributed by atoms with Crippen LogP contribution in [0.15, 0.2) is 54.7 Å². The van der Waals surface area contributed by atoms with Crippen LogP contribution in [0, 0.1) is 0 Å². The van der Waals surface area contributed by atoms with Crippen LogP contribution in [0.3, 0.4) is 0 Å². The van der Waals surface area contributed by atoms with Crippen molar-refractivity contribution in [3.8, 4) is 16.9 Å². The molecule has 2 nitrogen and oxygen atoms in total. The number of benzene rings is 2. The Balaban J connectivity index is 2.13. The van der Waals surface area contributed by atoms with Gasteiger partial charge in [0.25, 0.3) is 0 Å². The Labute approximate surface area is 120 Å². The summed E-state index contributed by atoms with van der Waals surface area (Å²) in [6, 6.07) is 13.8. The van der Waals surface area contributed by atoms with Crippen LogP contribution in [0.4, 0.5) is 5.69 Å². The summed E-state index contributed by atoms with van der Waals surface area (Å²) in [7, 11) is 2.07. The molecule has 0 atom stereocenters. The lowest BCUT2D eigenvalue weighted by atomic mass is 9.83. The summed E-state index contributed by atoms with van der Waals surface area (Å²) in [5.41, 5.74) is 5.88. The summed E-state index contributed by atoms with van der Waals surface area (Å²) in [6.07, 6.45) is 0. The maximum atomic E-state index is 9.39. The molecule has 0 spiro atoms. The molecule has 0 saturated carbocycles. The van der Waals surface area contributed by atoms with Crippen molar-refractivity contribution >= 4 is 5.69 Å². The fourth-order valence-electron chi connectivity index (χ4n) is 2.88. The average molecular weight is 265 g/mol. The average Bonchev–Trinajstić information content (AvgIpc) is 2.61. The van der Waals surface area contributed by atoms with Crippen LogP contribution in [-0.4, -0.2) is 12.2 Å². The van der Waals surface area contributed by atoms with Crippen molar-refractivity contribution in [2.75, 3.05) is 11.9 Å². The second kappa shape index (κ2) is 4.14. The normalized spacial score (nSPS) is 16.4. The van der Waals surface area contributed by atoms with E-state index in [-0.39, 0.29) is 5.41 Å². The molecule has 0 saturated heterocycles. The SMILES string of the molecule is C=C1N(C)c2ccc(-c3ccc(O)cc3)cc2C1(C)C. The molecule has 0 aromatic heterocycles. The first-order valence-electron chi connectivity index (χ1n) is 6.78. The molecule has 0 aliphatic carbocycles. The van der Waals surface area contributed by atoms with E-state index in [4.69, 9.17) is 0 Å². The molecule has 2 aromatic rings. The summed E-state index contributed by atoms with van der Waals surface area (Å²) in [4.78, 5) is 2.16. The number of phenolic OH excluding ortho intramolecular Hbond substituents is 1. The van der Waals surface area contributed by atoms with Crippen molar-refractivity contribution in [2.45, 2.75) is 19.3 Å². The molecule has 1 heterocycles. The maximum absolute atomic E-state index is 9.39. The molecular formula is C18H19NO. The summed E-state index contributed by atoms with van der Waals surface area (Å²) in [5, 5.41) is 9.39. The molecule has 0 radical (unpaired) electrons. The van der Waals surface area contributed by atoms with Crippen molar-refractivity contribution < 1.29 is 5.11 Å². The van der Waals surface area contributed by atoms with E-state index in [0.29, 0.717) is 5.75 Å². The van der Waals surface area contributed by atoms with Crippen LogP contribution in [0.5, 0.6) is 5.75 Å². The Kier molecular flexibility index (Phi) is 2.65. The third-order valence-corrected chi connectivity index (χ3v) is 4.36. The lowest BCUT2D eigenvalue weighted by Gasteiger charge is -2.22. The molecule has 0 fully saturated rings. The number of aromatic hydroxyl groups is 1. The number of fused-ring (bicyclic) bond motifs is 1. The second-order valence-corrected chi connectivity index (χ2v) is 5.91. The lowest BCUT2D eigenvalue weighted by molar-refractivity contribution is 0.475. The van der Waals surface area contributed by atoms with Crippen molar-refractivity contribution in [2.24, 2.45) is 0 Å². The van der Waals surface area contributed by atoms with E-state index >= 15 is 0 Å². The van der Waals surface area contributed by atoms with E-state index in [0.717, 1.165) is 11.3 Å². The monoisotopic (exact) mass is 265 g/mol. The predicted octanol–water partition coefficient (Wildman–Crippen LogP) is 4.30.